The molecule has 1 aromatic rings. The SMILES string of the molecule is C#CC(Nc1ccnc(C(=O)NCC)c1)C(C)C. The second kappa shape index (κ2) is 6.65. The number of anilines is 1. The molecule has 0 saturated heterocycles. The lowest BCUT2D eigenvalue weighted by Crippen LogP contribution is -2.25. The van der Waals surface area contributed by atoms with Crippen LogP contribution in [-0.4, -0.2) is 23.5 Å². The Morgan fingerprint density at radius 1 is 1.56 bits per heavy atom. The molecule has 4 heteroatoms. The highest BCUT2D eigenvalue weighted by molar-refractivity contribution is 5.93. The third kappa shape index (κ3) is 3.77. The molecule has 2 N–H and O–H groups in total. The van der Waals surface area contributed by atoms with Gasteiger partial charge in [0.2, 0.25) is 0 Å². The van der Waals surface area contributed by atoms with Crippen molar-refractivity contribution in [3.05, 3.63) is 24.0 Å². The summed E-state index contributed by atoms with van der Waals surface area (Å²) in [5, 5.41) is 5.92. The molecule has 0 fully saturated rings. The highest BCUT2D eigenvalue weighted by Gasteiger charge is 2.11. The minimum Gasteiger partial charge on any atom is -0.371 e. The van der Waals surface area contributed by atoms with Gasteiger partial charge in [-0.05, 0) is 25.0 Å². The summed E-state index contributed by atoms with van der Waals surface area (Å²) in [6.45, 7) is 6.54. The predicted octanol–water partition coefficient (Wildman–Crippen LogP) is 1.90. The van der Waals surface area contributed by atoms with E-state index < -0.39 is 0 Å². The van der Waals surface area contributed by atoms with E-state index in [0.29, 0.717) is 18.2 Å². The third-order valence-corrected chi connectivity index (χ3v) is 2.50. The molecular weight excluding hydrogens is 226 g/mol. The maximum absolute atomic E-state index is 11.6. The molecule has 0 saturated carbocycles. The van der Waals surface area contributed by atoms with Crippen molar-refractivity contribution in [2.45, 2.75) is 26.8 Å². The van der Waals surface area contributed by atoms with Gasteiger partial charge in [0.25, 0.3) is 5.91 Å². The fourth-order valence-corrected chi connectivity index (χ4v) is 1.48. The Morgan fingerprint density at radius 2 is 2.28 bits per heavy atom. The van der Waals surface area contributed by atoms with Crippen LogP contribution >= 0.6 is 0 Å². The molecule has 0 aliphatic carbocycles. The first kappa shape index (κ1) is 14.0. The second-order valence-electron chi connectivity index (χ2n) is 4.32. The topological polar surface area (TPSA) is 54.0 Å². The molecule has 1 aromatic heterocycles. The number of nitrogens with one attached hydrogen (secondary N) is 2. The lowest BCUT2D eigenvalue weighted by atomic mass is 10.1. The first-order valence-electron chi connectivity index (χ1n) is 6.05. The first-order valence-corrected chi connectivity index (χ1v) is 6.05. The largest absolute Gasteiger partial charge is 0.371 e. The first-order chi connectivity index (χ1) is 8.58. The van der Waals surface area contributed by atoms with E-state index in [1.54, 1.807) is 18.3 Å². The number of hydrogen-bond donors (Lipinski definition) is 2. The summed E-state index contributed by atoms with van der Waals surface area (Å²) in [5.74, 6) is 2.83. The van der Waals surface area contributed by atoms with Gasteiger partial charge in [0.15, 0.2) is 0 Å². The molecule has 0 radical (unpaired) electrons. The average Bonchev–Trinajstić information content (AvgIpc) is 2.36. The zero-order chi connectivity index (χ0) is 13.5. The molecule has 18 heavy (non-hydrogen) atoms. The van der Waals surface area contributed by atoms with Crippen LogP contribution in [0, 0.1) is 18.3 Å². The normalized spacial score (nSPS) is 11.7. The highest BCUT2D eigenvalue weighted by Crippen LogP contribution is 2.13. The van der Waals surface area contributed by atoms with Crippen molar-refractivity contribution in [3.8, 4) is 12.3 Å². The minimum absolute atomic E-state index is 0.0607. The van der Waals surface area contributed by atoms with Gasteiger partial charge in [-0.1, -0.05) is 19.8 Å². The summed E-state index contributed by atoms with van der Waals surface area (Å²) >= 11 is 0. The van der Waals surface area contributed by atoms with Gasteiger partial charge in [-0.15, -0.1) is 6.42 Å². The lowest BCUT2D eigenvalue weighted by Gasteiger charge is -2.18. The Labute approximate surface area is 108 Å². The Hall–Kier alpha value is -2.02. The zero-order valence-electron chi connectivity index (χ0n) is 11.0. The lowest BCUT2D eigenvalue weighted by molar-refractivity contribution is 0.0951. The van der Waals surface area contributed by atoms with Crippen LogP contribution in [0.2, 0.25) is 0 Å². The van der Waals surface area contributed by atoms with Gasteiger partial charge >= 0.3 is 0 Å². The van der Waals surface area contributed by atoms with E-state index in [1.165, 1.54) is 0 Å². The van der Waals surface area contributed by atoms with Crippen LogP contribution in [0.25, 0.3) is 0 Å². The predicted molar refractivity (Wildman–Crippen MR) is 73.3 cm³/mol. The van der Waals surface area contributed by atoms with Gasteiger partial charge < -0.3 is 10.6 Å². The van der Waals surface area contributed by atoms with Gasteiger partial charge in [0, 0.05) is 18.4 Å². The maximum Gasteiger partial charge on any atom is 0.269 e. The molecule has 1 unspecified atom stereocenters. The third-order valence-electron chi connectivity index (χ3n) is 2.50. The Kier molecular flexibility index (Phi) is 5.19. The van der Waals surface area contributed by atoms with Crippen LogP contribution in [0.1, 0.15) is 31.3 Å². The van der Waals surface area contributed by atoms with Crippen LogP contribution in [0.4, 0.5) is 5.69 Å². The van der Waals surface area contributed by atoms with Crippen molar-refractivity contribution >= 4 is 11.6 Å². The van der Waals surface area contributed by atoms with Gasteiger partial charge in [0.1, 0.15) is 5.69 Å². The molecule has 0 aromatic carbocycles. The molecule has 1 heterocycles. The van der Waals surface area contributed by atoms with Crippen LogP contribution in [0.15, 0.2) is 18.3 Å². The van der Waals surface area contributed by atoms with Crippen molar-refractivity contribution in [3.63, 3.8) is 0 Å². The molecule has 0 aliphatic heterocycles. The van der Waals surface area contributed by atoms with Gasteiger partial charge in [-0.3, -0.25) is 9.78 Å². The van der Waals surface area contributed by atoms with Gasteiger partial charge in [-0.2, -0.15) is 0 Å². The number of nitrogens with zero attached hydrogens (tertiary/aromatic N) is 1. The molecule has 1 amide bonds. The van der Waals surface area contributed by atoms with Crippen molar-refractivity contribution in [2.24, 2.45) is 5.92 Å². The average molecular weight is 245 g/mol. The Morgan fingerprint density at radius 3 is 2.83 bits per heavy atom. The van der Waals surface area contributed by atoms with E-state index in [4.69, 9.17) is 6.42 Å². The molecule has 0 bridgehead atoms. The van der Waals surface area contributed by atoms with E-state index >= 15 is 0 Å². The monoisotopic (exact) mass is 245 g/mol. The van der Waals surface area contributed by atoms with E-state index in [2.05, 4.69) is 21.5 Å². The quantitative estimate of drug-likeness (QED) is 0.779. The van der Waals surface area contributed by atoms with Crippen molar-refractivity contribution in [2.75, 3.05) is 11.9 Å². The number of amides is 1. The minimum atomic E-state index is -0.178. The summed E-state index contributed by atoms with van der Waals surface area (Å²) < 4.78 is 0. The molecule has 96 valence electrons. The van der Waals surface area contributed by atoms with E-state index in [-0.39, 0.29) is 11.9 Å². The van der Waals surface area contributed by atoms with Gasteiger partial charge in [0.05, 0.1) is 6.04 Å². The molecular formula is C14H19N3O. The molecule has 1 rings (SSSR count). The fourth-order valence-electron chi connectivity index (χ4n) is 1.48. The van der Waals surface area contributed by atoms with E-state index in [0.717, 1.165) is 5.69 Å². The van der Waals surface area contributed by atoms with Crippen molar-refractivity contribution in [1.82, 2.24) is 10.3 Å². The van der Waals surface area contributed by atoms with Crippen LogP contribution < -0.4 is 10.6 Å². The summed E-state index contributed by atoms with van der Waals surface area (Å²) in [5.41, 5.74) is 1.20. The van der Waals surface area contributed by atoms with Crippen LogP contribution in [0.3, 0.4) is 0 Å². The fraction of sp³-hybridized carbons (Fsp3) is 0.429. The number of aromatic nitrogens is 1. The Balaban J connectivity index is 2.83. The number of rotatable bonds is 5. The smallest absolute Gasteiger partial charge is 0.269 e. The second-order valence-corrected chi connectivity index (χ2v) is 4.32. The van der Waals surface area contributed by atoms with E-state index in [9.17, 15) is 4.79 Å². The van der Waals surface area contributed by atoms with E-state index in [1.807, 2.05) is 20.8 Å². The molecule has 0 spiro atoms. The molecule has 4 nitrogen and oxygen atoms in total. The van der Waals surface area contributed by atoms with Crippen LogP contribution in [-0.2, 0) is 0 Å². The van der Waals surface area contributed by atoms with Crippen molar-refractivity contribution < 1.29 is 4.79 Å². The number of carbonyl (C=O) groups is 1. The highest BCUT2D eigenvalue weighted by atomic mass is 16.1. The molecule has 1 atom stereocenters. The number of terminal acetylenes is 1. The molecule has 0 aliphatic rings. The van der Waals surface area contributed by atoms with Gasteiger partial charge in [-0.25, -0.2) is 0 Å². The number of hydrogen-bond acceptors (Lipinski definition) is 3. The Bertz CT molecular complexity index is 449. The zero-order valence-corrected chi connectivity index (χ0v) is 11.0. The summed E-state index contributed by atoms with van der Waals surface area (Å²) in [4.78, 5) is 15.7. The maximum atomic E-state index is 11.6. The summed E-state index contributed by atoms with van der Waals surface area (Å²) in [6.07, 6.45) is 7.06. The van der Waals surface area contributed by atoms with Crippen LogP contribution in [0.5, 0.6) is 0 Å². The summed E-state index contributed by atoms with van der Waals surface area (Å²) in [6, 6.07) is 3.45. The number of pyridine rings is 1. The summed E-state index contributed by atoms with van der Waals surface area (Å²) in [7, 11) is 0. The van der Waals surface area contributed by atoms with Crippen molar-refractivity contribution in [1.29, 1.82) is 0 Å². The standard InChI is InChI=1S/C14H19N3O/c1-5-12(10(3)4)17-11-7-8-16-13(9-11)14(18)15-6-2/h1,7-10,12H,6H2,2-4H3,(H,15,18)(H,16,17). The number of carbonyl (C=O) groups excluding carboxylic acids is 1.